The lowest BCUT2D eigenvalue weighted by atomic mass is 10.0. The zero-order valence-corrected chi connectivity index (χ0v) is 10.5. The summed E-state index contributed by atoms with van der Waals surface area (Å²) in [6.07, 6.45) is 1.96. The Labute approximate surface area is 108 Å². The lowest BCUT2D eigenvalue weighted by Gasteiger charge is -2.00. The molecule has 2 aromatic carbocycles. The van der Waals surface area contributed by atoms with Crippen molar-refractivity contribution in [3.8, 4) is 22.5 Å². The van der Waals surface area contributed by atoms with Crippen molar-refractivity contribution >= 4 is 22.5 Å². The van der Waals surface area contributed by atoms with Gasteiger partial charge in [0.25, 0.3) is 0 Å². The summed E-state index contributed by atoms with van der Waals surface area (Å²) < 4.78 is 0. The Morgan fingerprint density at radius 1 is 0.889 bits per heavy atom. The average molecular weight is 251 g/mol. The first-order chi connectivity index (χ1) is 8.88. The third-order valence-electron chi connectivity index (χ3n) is 3.26. The first kappa shape index (κ1) is 10.0. The topological polar surface area (TPSA) is 38.7 Å². The van der Waals surface area contributed by atoms with E-state index in [-0.39, 0.29) is 0 Å². The van der Waals surface area contributed by atoms with Gasteiger partial charge in [-0.1, -0.05) is 48.2 Å². The number of benzene rings is 2. The van der Waals surface area contributed by atoms with Gasteiger partial charge in [-0.25, -0.2) is 4.98 Å². The van der Waals surface area contributed by atoms with Crippen molar-refractivity contribution in [2.24, 2.45) is 0 Å². The van der Waals surface area contributed by atoms with Crippen LogP contribution in [0.3, 0.4) is 0 Å². The van der Waals surface area contributed by atoms with Gasteiger partial charge in [0, 0.05) is 16.5 Å². The zero-order valence-electron chi connectivity index (χ0n) is 9.71. The Balaban J connectivity index is 2.17. The van der Waals surface area contributed by atoms with Gasteiger partial charge in [-0.05, 0) is 11.6 Å². The molecule has 0 radical (unpaired) electrons. The molecule has 0 aliphatic heterocycles. The van der Waals surface area contributed by atoms with Crippen LogP contribution < -0.4 is 0 Å². The minimum absolute atomic E-state index is 0.721. The van der Waals surface area contributed by atoms with Gasteiger partial charge < -0.3 is 0 Å². The fraction of sp³-hybridized carbons (Fsp3) is 0.0714. The zero-order chi connectivity index (χ0) is 12.1. The van der Waals surface area contributed by atoms with Gasteiger partial charge in [-0.3, -0.25) is 0 Å². The maximum Gasteiger partial charge on any atom is 0.209 e. The van der Waals surface area contributed by atoms with Gasteiger partial charge in [0.15, 0.2) is 0 Å². The summed E-state index contributed by atoms with van der Waals surface area (Å²) >= 11 is 1.52. The van der Waals surface area contributed by atoms with E-state index in [1.165, 1.54) is 28.1 Å². The molecule has 0 unspecified atom stereocenters. The van der Waals surface area contributed by atoms with E-state index in [1.807, 2.05) is 6.26 Å². The number of aromatic nitrogens is 3. The molecule has 0 fully saturated rings. The molecule has 1 aliphatic rings. The van der Waals surface area contributed by atoms with E-state index in [9.17, 15) is 0 Å². The monoisotopic (exact) mass is 251 g/mol. The molecule has 0 atom stereocenters. The van der Waals surface area contributed by atoms with Crippen LogP contribution in [0.1, 0.15) is 0 Å². The number of hydrogen-bond acceptors (Lipinski definition) is 4. The second-order valence-corrected chi connectivity index (χ2v) is 4.98. The summed E-state index contributed by atoms with van der Waals surface area (Å²) in [6, 6.07) is 12.6. The molecule has 4 heteroatoms. The fourth-order valence-electron chi connectivity index (χ4n) is 2.50. The number of hydrogen-bond donors (Lipinski definition) is 0. The summed E-state index contributed by atoms with van der Waals surface area (Å²) in [5.74, 6) is 0. The van der Waals surface area contributed by atoms with Crippen LogP contribution in [-0.2, 0) is 0 Å². The Kier molecular flexibility index (Phi) is 1.96. The molecular formula is C14H9N3S. The highest BCUT2D eigenvalue weighted by Crippen LogP contribution is 2.44. The van der Waals surface area contributed by atoms with Crippen molar-refractivity contribution in [1.82, 2.24) is 15.2 Å². The molecule has 18 heavy (non-hydrogen) atoms. The van der Waals surface area contributed by atoms with Gasteiger partial charge >= 0.3 is 0 Å². The standard InChI is InChI=1S/C14H9N3S/c1-18-14-15-12-9-6-2-4-8-5-3-7-10(11(8)9)13(12)16-17-14/h2-7H,1H3. The SMILES string of the molecule is CSc1nnc2c(n1)-c1cccc3cccc-2c13. The van der Waals surface area contributed by atoms with Crippen LogP contribution in [0.2, 0.25) is 0 Å². The van der Waals surface area contributed by atoms with Crippen molar-refractivity contribution in [3.05, 3.63) is 36.4 Å². The third-order valence-corrected chi connectivity index (χ3v) is 3.80. The summed E-state index contributed by atoms with van der Waals surface area (Å²) in [4.78, 5) is 4.60. The van der Waals surface area contributed by atoms with Gasteiger partial charge in [0.2, 0.25) is 5.16 Å². The van der Waals surface area contributed by atoms with E-state index in [0.29, 0.717) is 0 Å². The van der Waals surface area contributed by atoms with Crippen LogP contribution in [0.5, 0.6) is 0 Å². The van der Waals surface area contributed by atoms with Gasteiger partial charge in [-0.15, -0.1) is 10.2 Å². The molecule has 0 saturated heterocycles. The highest BCUT2D eigenvalue weighted by atomic mass is 32.2. The molecule has 1 heterocycles. The number of rotatable bonds is 1. The van der Waals surface area contributed by atoms with Gasteiger partial charge in [0.1, 0.15) is 11.4 Å². The molecule has 3 nitrogen and oxygen atoms in total. The van der Waals surface area contributed by atoms with Crippen molar-refractivity contribution in [2.45, 2.75) is 5.16 Å². The lowest BCUT2D eigenvalue weighted by molar-refractivity contribution is 0.855. The first-order valence-electron chi connectivity index (χ1n) is 5.69. The van der Waals surface area contributed by atoms with E-state index in [4.69, 9.17) is 0 Å². The molecule has 4 rings (SSSR count). The van der Waals surface area contributed by atoms with Crippen LogP contribution in [0, 0.1) is 0 Å². The van der Waals surface area contributed by atoms with E-state index < -0.39 is 0 Å². The van der Waals surface area contributed by atoms with Crippen LogP contribution in [0.4, 0.5) is 0 Å². The maximum atomic E-state index is 4.60. The lowest BCUT2D eigenvalue weighted by Crippen LogP contribution is -1.94. The normalized spacial score (nSPS) is 11.8. The third kappa shape index (κ3) is 1.18. The van der Waals surface area contributed by atoms with Crippen LogP contribution in [0.25, 0.3) is 33.3 Å². The van der Waals surface area contributed by atoms with Crippen LogP contribution in [-0.4, -0.2) is 21.4 Å². The summed E-state index contributed by atoms with van der Waals surface area (Å²) in [5.41, 5.74) is 4.18. The summed E-state index contributed by atoms with van der Waals surface area (Å²) in [5, 5.41) is 11.7. The quantitative estimate of drug-likeness (QED) is 0.486. The van der Waals surface area contributed by atoms with Crippen molar-refractivity contribution in [2.75, 3.05) is 6.26 Å². The second kappa shape index (κ2) is 3.53. The first-order valence-corrected chi connectivity index (χ1v) is 6.92. The summed E-state index contributed by atoms with van der Waals surface area (Å²) in [7, 11) is 0. The van der Waals surface area contributed by atoms with Gasteiger partial charge in [-0.2, -0.15) is 0 Å². The Hall–Kier alpha value is -1.94. The predicted molar refractivity (Wildman–Crippen MR) is 73.5 cm³/mol. The molecule has 1 aliphatic carbocycles. The molecule has 0 saturated carbocycles. The Morgan fingerprint density at radius 2 is 1.61 bits per heavy atom. The van der Waals surface area contributed by atoms with E-state index in [0.717, 1.165) is 22.1 Å². The smallest absolute Gasteiger partial charge is 0.209 e. The second-order valence-electron chi connectivity index (χ2n) is 4.20. The minimum Gasteiger partial charge on any atom is -0.219 e. The molecular weight excluding hydrogens is 242 g/mol. The summed E-state index contributed by atoms with van der Waals surface area (Å²) in [6.45, 7) is 0. The Bertz CT molecular complexity index is 778. The van der Waals surface area contributed by atoms with Crippen LogP contribution >= 0.6 is 11.8 Å². The Morgan fingerprint density at radius 3 is 2.33 bits per heavy atom. The molecule has 3 aromatic rings. The number of fused-ring (bicyclic) bond motifs is 3. The fourth-order valence-corrected chi connectivity index (χ4v) is 2.81. The van der Waals surface area contributed by atoms with Crippen molar-refractivity contribution < 1.29 is 0 Å². The average Bonchev–Trinajstić information content (AvgIpc) is 2.76. The van der Waals surface area contributed by atoms with Crippen molar-refractivity contribution in [1.29, 1.82) is 0 Å². The number of thioether (sulfide) groups is 1. The molecule has 0 N–H and O–H groups in total. The van der Waals surface area contributed by atoms with E-state index in [1.54, 1.807) is 0 Å². The van der Waals surface area contributed by atoms with Crippen molar-refractivity contribution in [3.63, 3.8) is 0 Å². The van der Waals surface area contributed by atoms with E-state index in [2.05, 4.69) is 51.6 Å². The minimum atomic E-state index is 0.721. The van der Waals surface area contributed by atoms with Crippen LogP contribution in [0.15, 0.2) is 41.6 Å². The molecule has 1 aromatic heterocycles. The molecule has 0 spiro atoms. The highest BCUT2D eigenvalue weighted by Gasteiger charge is 2.24. The maximum absolute atomic E-state index is 4.60. The largest absolute Gasteiger partial charge is 0.219 e. The predicted octanol–water partition coefficient (Wildman–Crippen LogP) is 3.39. The molecule has 0 amide bonds. The highest BCUT2D eigenvalue weighted by molar-refractivity contribution is 7.98. The molecule has 86 valence electrons. The van der Waals surface area contributed by atoms with E-state index >= 15 is 0 Å². The molecule has 0 bridgehead atoms. The van der Waals surface area contributed by atoms with Gasteiger partial charge in [0.05, 0.1) is 0 Å². The number of nitrogens with zero attached hydrogens (tertiary/aromatic N) is 3.